The van der Waals surface area contributed by atoms with Gasteiger partial charge in [0.15, 0.2) is 11.6 Å². The molecule has 1 aromatic heterocycles. The number of benzene rings is 1. The zero-order valence-electron chi connectivity index (χ0n) is 14.8. The lowest BCUT2D eigenvalue weighted by molar-refractivity contribution is 0.173. The van der Waals surface area contributed by atoms with E-state index in [1.807, 2.05) is 32.9 Å². The molecule has 5 nitrogen and oxygen atoms in total. The number of nitrogens with one attached hydrogen (secondary N) is 1. The number of halogens is 1. The largest absolute Gasteiger partial charge is 0.488 e. The summed E-state index contributed by atoms with van der Waals surface area (Å²) in [5.74, 6) is -0.235. The van der Waals surface area contributed by atoms with Crippen LogP contribution in [0.25, 0.3) is 0 Å². The normalized spacial score (nSPS) is 13.0. The molecule has 25 heavy (non-hydrogen) atoms. The highest BCUT2D eigenvalue weighted by molar-refractivity contribution is 5.75. The first-order chi connectivity index (χ1) is 12.0. The molecule has 0 bridgehead atoms. The van der Waals surface area contributed by atoms with Crippen molar-refractivity contribution in [1.82, 2.24) is 15.2 Å². The molecule has 134 valence electrons. The van der Waals surface area contributed by atoms with Gasteiger partial charge < -0.3 is 15.0 Å². The Bertz CT molecular complexity index is 681. The van der Waals surface area contributed by atoms with Gasteiger partial charge in [-0.1, -0.05) is 18.2 Å². The van der Waals surface area contributed by atoms with Crippen molar-refractivity contribution in [3.8, 4) is 5.75 Å². The fourth-order valence-corrected chi connectivity index (χ4v) is 2.51. The Kier molecular flexibility index (Phi) is 6.74. The average molecular weight is 345 g/mol. The Morgan fingerprint density at radius 1 is 1.28 bits per heavy atom. The first-order valence-corrected chi connectivity index (χ1v) is 8.37. The minimum Gasteiger partial charge on any atom is -0.488 e. The van der Waals surface area contributed by atoms with Crippen molar-refractivity contribution in [2.75, 3.05) is 13.2 Å². The summed E-state index contributed by atoms with van der Waals surface area (Å²) >= 11 is 0. The summed E-state index contributed by atoms with van der Waals surface area (Å²) in [5.41, 5.74) is 0.967. The van der Waals surface area contributed by atoms with Crippen LogP contribution in [0.1, 0.15) is 32.4 Å². The molecular formula is C19H24FN3O2. The van der Waals surface area contributed by atoms with Crippen LogP contribution < -0.4 is 10.1 Å². The topological polar surface area (TPSA) is 54.5 Å². The van der Waals surface area contributed by atoms with E-state index < -0.39 is 5.82 Å². The number of carbonyl (C=O) groups is 1. The minimum absolute atomic E-state index is 0.0987. The fraction of sp³-hybridized carbons (Fsp3) is 0.368. The highest BCUT2D eigenvalue weighted by Crippen LogP contribution is 2.19. The summed E-state index contributed by atoms with van der Waals surface area (Å²) in [6.45, 7) is 6.45. The summed E-state index contributed by atoms with van der Waals surface area (Å²) in [5, 5.41) is 2.89. The van der Waals surface area contributed by atoms with Crippen LogP contribution in [0.4, 0.5) is 9.18 Å². The van der Waals surface area contributed by atoms with Gasteiger partial charge in [0, 0.05) is 18.9 Å². The van der Waals surface area contributed by atoms with Crippen LogP contribution >= 0.6 is 0 Å². The number of pyridine rings is 1. The molecular weight excluding hydrogens is 321 g/mol. The summed E-state index contributed by atoms with van der Waals surface area (Å²) < 4.78 is 19.0. The van der Waals surface area contributed by atoms with Crippen LogP contribution in [0.3, 0.4) is 0 Å². The van der Waals surface area contributed by atoms with Gasteiger partial charge in [0.2, 0.25) is 0 Å². The summed E-state index contributed by atoms with van der Waals surface area (Å²) in [6.07, 6.45) is 3.46. The van der Waals surface area contributed by atoms with E-state index in [2.05, 4.69) is 10.3 Å². The van der Waals surface area contributed by atoms with Gasteiger partial charge in [-0.05, 0) is 44.5 Å². The Morgan fingerprint density at radius 2 is 2.04 bits per heavy atom. The van der Waals surface area contributed by atoms with Crippen molar-refractivity contribution in [2.24, 2.45) is 0 Å². The van der Waals surface area contributed by atoms with Crippen molar-refractivity contribution < 1.29 is 13.9 Å². The first-order valence-electron chi connectivity index (χ1n) is 8.37. The van der Waals surface area contributed by atoms with Crippen LogP contribution in [-0.2, 0) is 0 Å². The molecule has 6 heteroatoms. The highest BCUT2D eigenvalue weighted by atomic mass is 19.1. The van der Waals surface area contributed by atoms with Crippen molar-refractivity contribution in [3.63, 3.8) is 0 Å². The van der Waals surface area contributed by atoms with Gasteiger partial charge in [-0.25, -0.2) is 9.18 Å². The number of aromatic nitrogens is 1. The summed E-state index contributed by atoms with van der Waals surface area (Å²) in [4.78, 5) is 18.4. The number of nitrogens with zero attached hydrogens (tertiary/aromatic N) is 2. The maximum absolute atomic E-state index is 13.6. The molecule has 2 aromatic rings. The van der Waals surface area contributed by atoms with Gasteiger partial charge in [0.05, 0.1) is 12.1 Å². The Morgan fingerprint density at radius 3 is 2.68 bits per heavy atom. The van der Waals surface area contributed by atoms with Crippen LogP contribution in [0.2, 0.25) is 0 Å². The van der Waals surface area contributed by atoms with Crippen molar-refractivity contribution in [3.05, 3.63) is 60.2 Å². The standard InChI is InChI=1S/C19H24FN3O2/c1-4-23(15(3)16-8-7-11-21-12-16)19(24)22-14(2)13-25-18-10-6-5-9-17(18)20/h5-12,14-15H,4,13H2,1-3H3,(H,22,24)/t14-,15+/m1/s1. The quantitative estimate of drug-likeness (QED) is 0.831. The molecule has 2 atom stereocenters. The third kappa shape index (κ3) is 5.17. The molecule has 2 rings (SSSR count). The number of hydrogen-bond donors (Lipinski definition) is 1. The van der Waals surface area contributed by atoms with E-state index >= 15 is 0 Å². The number of amides is 2. The maximum atomic E-state index is 13.6. The molecule has 0 radical (unpaired) electrons. The second-order valence-corrected chi connectivity index (χ2v) is 5.84. The predicted molar refractivity (Wildman–Crippen MR) is 94.9 cm³/mol. The van der Waals surface area contributed by atoms with Crippen molar-refractivity contribution in [2.45, 2.75) is 32.9 Å². The number of rotatable bonds is 7. The van der Waals surface area contributed by atoms with Crippen LogP contribution in [-0.4, -0.2) is 35.1 Å². The summed E-state index contributed by atoms with van der Waals surface area (Å²) in [7, 11) is 0. The van der Waals surface area contributed by atoms with Gasteiger partial charge in [-0.3, -0.25) is 4.98 Å². The monoisotopic (exact) mass is 345 g/mol. The number of ether oxygens (including phenoxy) is 1. The van der Waals surface area contributed by atoms with E-state index in [9.17, 15) is 9.18 Å². The number of carbonyl (C=O) groups excluding carboxylic acids is 1. The second-order valence-electron chi connectivity index (χ2n) is 5.84. The lowest BCUT2D eigenvalue weighted by atomic mass is 10.1. The molecule has 0 saturated carbocycles. The van der Waals surface area contributed by atoms with E-state index in [4.69, 9.17) is 4.74 Å². The smallest absolute Gasteiger partial charge is 0.318 e. The molecule has 0 aliphatic carbocycles. The fourth-order valence-electron chi connectivity index (χ4n) is 2.51. The van der Waals surface area contributed by atoms with Crippen molar-refractivity contribution in [1.29, 1.82) is 0 Å². The van der Waals surface area contributed by atoms with Gasteiger partial charge in [0.1, 0.15) is 6.61 Å². The summed E-state index contributed by atoms with van der Waals surface area (Å²) in [6, 6.07) is 9.45. The zero-order chi connectivity index (χ0) is 18.2. The third-order valence-electron chi connectivity index (χ3n) is 3.93. The molecule has 0 fully saturated rings. The minimum atomic E-state index is -0.415. The number of para-hydroxylation sites is 1. The SMILES string of the molecule is CCN(C(=O)N[C@H](C)COc1ccccc1F)[C@@H](C)c1cccnc1. The van der Waals surface area contributed by atoms with Gasteiger partial charge in [-0.15, -0.1) is 0 Å². The van der Waals surface area contributed by atoms with Gasteiger partial charge in [-0.2, -0.15) is 0 Å². The molecule has 0 saturated heterocycles. The van der Waals surface area contributed by atoms with E-state index in [1.54, 1.807) is 35.5 Å². The molecule has 1 heterocycles. The van der Waals surface area contributed by atoms with Crippen LogP contribution in [0.5, 0.6) is 5.75 Å². The first kappa shape index (κ1) is 18.7. The molecule has 0 aliphatic heterocycles. The van der Waals surface area contributed by atoms with Gasteiger partial charge in [0.25, 0.3) is 0 Å². The van der Waals surface area contributed by atoms with E-state index in [-0.39, 0.29) is 30.5 Å². The lowest BCUT2D eigenvalue weighted by Gasteiger charge is -2.29. The molecule has 1 aromatic carbocycles. The highest BCUT2D eigenvalue weighted by Gasteiger charge is 2.21. The molecule has 0 unspecified atom stereocenters. The zero-order valence-corrected chi connectivity index (χ0v) is 14.8. The maximum Gasteiger partial charge on any atom is 0.318 e. The Hall–Kier alpha value is -2.63. The van der Waals surface area contributed by atoms with Gasteiger partial charge >= 0.3 is 6.03 Å². The van der Waals surface area contributed by atoms with E-state index in [0.717, 1.165) is 5.56 Å². The second kappa shape index (κ2) is 9.01. The molecule has 0 aliphatic rings. The van der Waals surface area contributed by atoms with Crippen LogP contribution in [0.15, 0.2) is 48.8 Å². The average Bonchev–Trinajstić information content (AvgIpc) is 2.62. The van der Waals surface area contributed by atoms with E-state index in [1.165, 1.54) is 6.07 Å². The molecule has 2 amide bonds. The van der Waals surface area contributed by atoms with E-state index in [0.29, 0.717) is 6.54 Å². The number of hydrogen-bond acceptors (Lipinski definition) is 3. The Labute approximate surface area is 147 Å². The lowest BCUT2D eigenvalue weighted by Crippen LogP contribution is -2.46. The Balaban J connectivity index is 1.91. The molecule has 0 spiro atoms. The number of urea groups is 1. The van der Waals surface area contributed by atoms with Crippen molar-refractivity contribution >= 4 is 6.03 Å². The predicted octanol–water partition coefficient (Wildman–Crippen LogP) is 3.78. The molecule has 1 N–H and O–H groups in total. The van der Waals surface area contributed by atoms with Crippen LogP contribution in [0, 0.1) is 5.82 Å². The third-order valence-corrected chi connectivity index (χ3v) is 3.93.